The number of amidine groups is 1. The Morgan fingerprint density at radius 1 is 0.960 bits per heavy atom. The standard InChI is InChI=1S/C19H18N2O2S2/c1-21(15-16-9-4-2-5-10-16)19(17-11-6-3-7-12-17)20-25(22,23)18-13-8-14-24-18/h2-14H,15H2,1H3/b20-19+. The summed E-state index contributed by atoms with van der Waals surface area (Å²) < 4.78 is 29.6. The van der Waals surface area contributed by atoms with Crippen LogP contribution in [-0.4, -0.2) is 26.2 Å². The van der Waals surface area contributed by atoms with Gasteiger partial charge in [-0.1, -0.05) is 66.7 Å². The number of sulfonamides is 1. The Morgan fingerprint density at radius 2 is 1.60 bits per heavy atom. The summed E-state index contributed by atoms with van der Waals surface area (Å²) >= 11 is 1.17. The topological polar surface area (TPSA) is 49.7 Å². The van der Waals surface area contributed by atoms with Gasteiger partial charge in [0.15, 0.2) is 0 Å². The molecule has 0 N–H and O–H groups in total. The van der Waals surface area contributed by atoms with Gasteiger partial charge in [-0.3, -0.25) is 0 Å². The highest BCUT2D eigenvalue weighted by Gasteiger charge is 2.19. The minimum absolute atomic E-state index is 0.244. The molecule has 1 aromatic heterocycles. The van der Waals surface area contributed by atoms with E-state index in [2.05, 4.69) is 4.40 Å². The van der Waals surface area contributed by atoms with Crippen LogP contribution in [0.3, 0.4) is 0 Å². The number of benzene rings is 2. The van der Waals surface area contributed by atoms with E-state index in [-0.39, 0.29) is 4.21 Å². The van der Waals surface area contributed by atoms with Crippen LogP contribution in [0.1, 0.15) is 11.1 Å². The second-order valence-corrected chi connectivity index (χ2v) is 8.31. The van der Waals surface area contributed by atoms with Crippen molar-refractivity contribution >= 4 is 27.2 Å². The van der Waals surface area contributed by atoms with Crippen LogP contribution >= 0.6 is 11.3 Å². The lowest BCUT2D eigenvalue weighted by Gasteiger charge is -2.21. The molecule has 0 radical (unpaired) electrons. The van der Waals surface area contributed by atoms with Crippen molar-refractivity contribution in [3.63, 3.8) is 0 Å². The van der Waals surface area contributed by atoms with E-state index in [1.54, 1.807) is 17.5 Å². The first kappa shape index (κ1) is 17.4. The summed E-state index contributed by atoms with van der Waals surface area (Å²) in [6, 6.07) is 22.6. The summed E-state index contributed by atoms with van der Waals surface area (Å²) in [5.41, 5.74) is 1.85. The molecule has 6 heteroatoms. The zero-order chi connectivity index (χ0) is 17.7. The molecule has 0 unspecified atom stereocenters. The Balaban J connectivity index is 2.00. The predicted octanol–water partition coefficient (Wildman–Crippen LogP) is 4.02. The van der Waals surface area contributed by atoms with Crippen molar-refractivity contribution in [2.45, 2.75) is 10.8 Å². The van der Waals surface area contributed by atoms with Gasteiger partial charge in [-0.2, -0.15) is 8.42 Å². The average Bonchev–Trinajstić information content (AvgIpc) is 3.17. The monoisotopic (exact) mass is 370 g/mol. The molecule has 0 spiro atoms. The number of hydrogen-bond donors (Lipinski definition) is 0. The molecule has 3 aromatic rings. The molecule has 0 atom stereocenters. The fourth-order valence-electron chi connectivity index (χ4n) is 2.43. The Hall–Kier alpha value is -2.44. The van der Waals surface area contributed by atoms with Crippen molar-refractivity contribution in [1.82, 2.24) is 4.90 Å². The highest BCUT2D eigenvalue weighted by atomic mass is 32.2. The van der Waals surface area contributed by atoms with Crippen molar-refractivity contribution < 1.29 is 8.42 Å². The van der Waals surface area contributed by atoms with Crippen molar-refractivity contribution in [2.75, 3.05) is 7.05 Å². The molecular weight excluding hydrogens is 352 g/mol. The summed E-state index contributed by atoms with van der Waals surface area (Å²) in [6.07, 6.45) is 0. The maximum Gasteiger partial charge on any atom is 0.293 e. The van der Waals surface area contributed by atoms with Crippen LogP contribution in [0.4, 0.5) is 0 Å². The average molecular weight is 370 g/mol. The van der Waals surface area contributed by atoms with Gasteiger partial charge in [-0.15, -0.1) is 15.7 Å². The number of thiophene rings is 1. The fraction of sp³-hybridized carbons (Fsp3) is 0.105. The highest BCUT2D eigenvalue weighted by molar-refractivity contribution is 7.92. The number of rotatable bonds is 5. The summed E-state index contributed by atoms with van der Waals surface area (Å²) in [5.74, 6) is 0.429. The second-order valence-electron chi connectivity index (χ2n) is 5.53. The molecular formula is C19H18N2O2S2. The van der Waals surface area contributed by atoms with Gasteiger partial charge < -0.3 is 4.90 Å². The third kappa shape index (κ3) is 4.35. The predicted molar refractivity (Wildman–Crippen MR) is 102 cm³/mol. The van der Waals surface area contributed by atoms with Gasteiger partial charge in [0.1, 0.15) is 10.0 Å². The molecule has 0 aliphatic carbocycles. The largest absolute Gasteiger partial charge is 0.354 e. The normalized spacial score (nSPS) is 12.1. The molecule has 0 bridgehead atoms. The minimum Gasteiger partial charge on any atom is -0.354 e. The van der Waals surface area contributed by atoms with Gasteiger partial charge in [0.05, 0.1) is 0 Å². The highest BCUT2D eigenvalue weighted by Crippen LogP contribution is 2.20. The molecule has 0 amide bonds. The Bertz CT molecular complexity index is 936. The van der Waals surface area contributed by atoms with E-state index in [1.165, 1.54) is 11.3 Å². The first-order valence-electron chi connectivity index (χ1n) is 7.75. The van der Waals surface area contributed by atoms with Crippen LogP contribution in [-0.2, 0) is 16.6 Å². The molecule has 0 saturated carbocycles. The third-order valence-corrected chi connectivity index (χ3v) is 6.25. The van der Waals surface area contributed by atoms with E-state index in [0.717, 1.165) is 11.1 Å². The molecule has 0 saturated heterocycles. The van der Waals surface area contributed by atoms with E-state index in [0.29, 0.717) is 12.4 Å². The lowest BCUT2D eigenvalue weighted by molar-refractivity contribution is 0.501. The van der Waals surface area contributed by atoms with Crippen molar-refractivity contribution in [2.24, 2.45) is 4.40 Å². The number of hydrogen-bond acceptors (Lipinski definition) is 3. The van der Waals surface area contributed by atoms with Crippen LogP contribution in [0.15, 0.2) is 86.8 Å². The zero-order valence-corrected chi connectivity index (χ0v) is 15.4. The second kappa shape index (κ2) is 7.63. The van der Waals surface area contributed by atoms with Crippen molar-refractivity contribution in [3.8, 4) is 0 Å². The number of nitrogens with zero attached hydrogens (tertiary/aromatic N) is 2. The summed E-state index contributed by atoms with van der Waals surface area (Å²) in [7, 11) is -1.89. The Morgan fingerprint density at radius 3 is 2.20 bits per heavy atom. The van der Waals surface area contributed by atoms with Gasteiger partial charge in [-0.25, -0.2) is 0 Å². The molecule has 1 heterocycles. The quantitative estimate of drug-likeness (QED) is 0.503. The van der Waals surface area contributed by atoms with E-state index in [4.69, 9.17) is 0 Å². The SMILES string of the molecule is CN(Cc1ccccc1)/C(=N/S(=O)(=O)c1cccs1)c1ccccc1. The molecule has 2 aromatic carbocycles. The first-order chi connectivity index (χ1) is 12.1. The molecule has 4 nitrogen and oxygen atoms in total. The maximum absolute atomic E-state index is 12.6. The van der Waals surface area contributed by atoms with Gasteiger partial charge in [0.25, 0.3) is 10.0 Å². The van der Waals surface area contributed by atoms with Crippen LogP contribution in [0.25, 0.3) is 0 Å². The fourth-order valence-corrected chi connectivity index (χ4v) is 4.46. The summed E-state index contributed by atoms with van der Waals surface area (Å²) in [5, 5.41) is 1.73. The smallest absolute Gasteiger partial charge is 0.293 e. The molecule has 0 fully saturated rings. The van der Waals surface area contributed by atoms with Gasteiger partial charge in [0, 0.05) is 19.2 Å². The molecule has 0 aliphatic rings. The van der Waals surface area contributed by atoms with Gasteiger partial charge in [-0.05, 0) is 17.0 Å². The van der Waals surface area contributed by atoms with E-state index >= 15 is 0 Å². The van der Waals surface area contributed by atoms with E-state index in [1.807, 2.05) is 72.6 Å². The van der Waals surface area contributed by atoms with E-state index < -0.39 is 10.0 Å². The van der Waals surface area contributed by atoms with Gasteiger partial charge in [0.2, 0.25) is 0 Å². The van der Waals surface area contributed by atoms with Gasteiger partial charge >= 0.3 is 0 Å². The Labute approximate surface area is 152 Å². The van der Waals surface area contributed by atoms with Crippen LogP contribution in [0, 0.1) is 0 Å². The molecule has 25 heavy (non-hydrogen) atoms. The van der Waals surface area contributed by atoms with E-state index in [9.17, 15) is 8.42 Å². The lowest BCUT2D eigenvalue weighted by Crippen LogP contribution is -2.28. The molecule has 128 valence electrons. The van der Waals surface area contributed by atoms with Crippen molar-refractivity contribution in [3.05, 3.63) is 89.3 Å². The third-order valence-electron chi connectivity index (χ3n) is 3.61. The van der Waals surface area contributed by atoms with Crippen molar-refractivity contribution in [1.29, 1.82) is 0 Å². The molecule has 0 aliphatic heterocycles. The first-order valence-corrected chi connectivity index (χ1v) is 10.1. The maximum atomic E-state index is 12.6. The van der Waals surface area contributed by atoms with Crippen LogP contribution < -0.4 is 0 Å². The Kier molecular flexibility index (Phi) is 5.31. The lowest BCUT2D eigenvalue weighted by atomic mass is 10.1. The minimum atomic E-state index is -3.74. The van der Waals surface area contributed by atoms with Crippen LogP contribution in [0.5, 0.6) is 0 Å². The zero-order valence-electron chi connectivity index (χ0n) is 13.7. The molecule has 3 rings (SSSR count). The summed E-state index contributed by atoms with van der Waals surface area (Å²) in [6.45, 7) is 0.564. The summed E-state index contributed by atoms with van der Waals surface area (Å²) in [4.78, 5) is 1.86. The van der Waals surface area contributed by atoms with Crippen LogP contribution in [0.2, 0.25) is 0 Å².